The second-order valence-electron chi connectivity index (χ2n) is 5.65. The number of carbonyl (C=O) groups is 1. The summed E-state index contributed by atoms with van der Waals surface area (Å²) < 4.78 is 5.58. The van der Waals surface area contributed by atoms with Crippen LogP contribution in [0.25, 0.3) is 0 Å². The van der Waals surface area contributed by atoms with Gasteiger partial charge in [0.2, 0.25) is 0 Å². The zero-order valence-electron chi connectivity index (χ0n) is 12.6. The molecule has 2 aliphatic rings. The zero-order valence-corrected chi connectivity index (χ0v) is 12.6. The molecule has 6 heteroatoms. The standard InChI is InChI=1S/C16H20N4O2/c17-12-13-4-3-6-18-15(13)19-7-9-20(10-8-19)16(21)14-5-1-2-11-22-14/h3-4,6,14H,1-2,5,7-11H2. The highest BCUT2D eigenvalue weighted by Gasteiger charge is 2.29. The van der Waals surface area contributed by atoms with Gasteiger partial charge in [0.25, 0.3) is 5.91 Å². The van der Waals surface area contributed by atoms with E-state index in [0.717, 1.165) is 19.3 Å². The van der Waals surface area contributed by atoms with Crippen molar-refractivity contribution in [2.45, 2.75) is 25.4 Å². The third-order valence-electron chi connectivity index (χ3n) is 4.25. The van der Waals surface area contributed by atoms with Crippen LogP contribution >= 0.6 is 0 Å². The van der Waals surface area contributed by atoms with Gasteiger partial charge in [-0.2, -0.15) is 5.26 Å². The van der Waals surface area contributed by atoms with Crippen molar-refractivity contribution >= 4 is 11.7 Å². The van der Waals surface area contributed by atoms with Crippen molar-refractivity contribution in [2.24, 2.45) is 0 Å². The number of anilines is 1. The van der Waals surface area contributed by atoms with Gasteiger partial charge in [0, 0.05) is 39.0 Å². The number of rotatable bonds is 2. The van der Waals surface area contributed by atoms with E-state index in [2.05, 4.69) is 16.0 Å². The molecule has 0 bridgehead atoms. The number of ether oxygens (including phenoxy) is 1. The summed E-state index contributed by atoms with van der Waals surface area (Å²) in [5.74, 6) is 0.826. The van der Waals surface area contributed by atoms with Crippen LogP contribution in [0, 0.1) is 11.3 Å². The Morgan fingerprint density at radius 2 is 2.14 bits per heavy atom. The molecule has 0 aromatic carbocycles. The topological polar surface area (TPSA) is 69.5 Å². The van der Waals surface area contributed by atoms with E-state index in [-0.39, 0.29) is 12.0 Å². The lowest BCUT2D eigenvalue weighted by atomic mass is 10.1. The largest absolute Gasteiger partial charge is 0.368 e. The van der Waals surface area contributed by atoms with E-state index in [1.807, 2.05) is 4.90 Å². The minimum Gasteiger partial charge on any atom is -0.368 e. The third kappa shape index (κ3) is 3.04. The Hall–Kier alpha value is -2.13. The predicted molar refractivity (Wildman–Crippen MR) is 81.3 cm³/mol. The SMILES string of the molecule is N#Cc1cccnc1N1CCN(C(=O)C2CCCCO2)CC1. The molecule has 22 heavy (non-hydrogen) atoms. The highest BCUT2D eigenvalue weighted by Crippen LogP contribution is 2.20. The van der Waals surface area contributed by atoms with Crippen LogP contribution in [0.5, 0.6) is 0 Å². The Balaban J connectivity index is 1.60. The molecule has 1 aromatic heterocycles. The average molecular weight is 300 g/mol. The number of carbonyl (C=O) groups excluding carboxylic acids is 1. The van der Waals surface area contributed by atoms with Gasteiger partial charge in [-0.05, 0) is 31.4 Å². The van der Waals surface area contributed by atoms with Gasteiger partial charge in [-0.3, -0.25) is 4.79 Å². The quantitative estimate of drug-likeness (QED) is 0.820. The van der Waals surface area contributed by atoms with Crippen LogP contribution in [0.15, 0.2) is 18.3 Å². The van der Waals surface area contributed by atoms with Crippen LogP contribution in [0.4, 0.5) is 5.82 Å². The van der Waals surface area contributed by atoms with E-state index >= 15 is 0 Å². The second kappa shape index (κ2) is 6.75. The molecule has 1 amide bonds. The minimum absolute atomic E-state index is 0.112. The highest BCUT2D eigenvalue weighted by atomic mass is 16.5. The Morgan fingerprint density at radius 1 is 1.32 bits per heavy atom. The number of piperazine rings is 1. The Morgan fingerprint density at radius 3 is 2.82 bits per heavy atom. The van der Waals surface area contributed by atoms with Crippen LogP contribution in [-0.2, 0) is 9.53 Å². The van der Waals surface area contributed by atoms with Crippen molar-refractivity contribution in [1.82, 2.24) is 9.88 Å². The van der Waals surface area contributed by atoms with Crippen LogP contribution < -0.4 is 4.90 Å². The first-order chi connectivity index (χ1) is 10.8. The molecular weight excluding hydrogens is 280 g/mol. The predicted octanol–water partition coefficient (Wildman–Crippen LogP) is 1.17. The van der Waals surface area contributed by atoms with E-state index in [1.165, 1.54) is 0 Å². The summed E-state index contributed by atoms with van der Waals surface area (Å²) >= 11 is 0. The van der Waals surface area contributed by atoms with Gasteiger partial charge in [0.1, 0.15) is 18.0 Å². The molecule has 1 atom stereocenters. The summed E-state index contributed by atoms with van der Waals surface area (Å²) in [6.45, 7) is 3.39. The molecule has 0 N–H and O–H groups in total. The van der Waals surface area contributed by atoms with Gasteiger partial charge in [-0.25, -0.2) is 4.98 Å². The summed E-state index contributed by atoms with van der Waals surface area (Å²) in [6.07, 6.45) is 4.38. The normalized spacial score (nSPS) is 22.2. The fraction of sp³-hybridized carbons (Fsp3) is 0.562. The van der Waals surface area contributed by atoms with Crippen molar-refractivity contribution < 1.29 is 9.53 Å². The number of nitriles is 1. The summed E-state index contributed by atoms with van der Waals surface area (Å²) in [5, 5.41) is 9.16. The lowest BCUT2D eigenvalue weighted by Crippen LogP contribution is -2.52. The van der Waals surface area contributed by atoms with Crippen molar-refractivity contribution in [3.05, 3.63) is 23.9 Å². The van der Waals surface area contributed by atoms with Gasteiger partial charge in [0.15, 0.2) is 0 Å². The maximum Gasteiger partial charge on any atom is 0.251 e. The molecule has 1 unspecified atom stereocenters. The van der Waals surface area contributed by atoms with Gasteiger partial charge in [-0.1, -0.05) is 0 Å². The average Bonchev–Trinajstić information content (AvgIpc) is 2.62. The zero-order chi connectivity index (χ0) is 15.4. The Labute approximate surface area is 130 Å². The molecule has 3 heterocycles. The van der Waals surface area contributed by atoms with Gasteiger partial charge in [0.05, 0.1) is 5.56 Å². The van der Waals surface area contributed by atoms with Crippen molar-refractivity contribution in [2.75, 3.05) is 37.7 Å². The monoisotopic (exact) mass is 300 g/mol. The molecule has 0 radical (unpaired) electrons. The number of aromatic nitrogens is 1. The summed E-state index contributed by atoms with van der Waals surface area (Å²) in [5.41, 5.74) is 0.581. The summed E-state index contributed by atoms with van der Waals surface area (Å²) in [7, 11) is 0. The maximum atomic E-state index is 12.4. The summed E-state index contributed by atoms with van der Waals surface area (Å²) in [4.78, 5) is 20.7. The van der Waals surface area contributed by atoms with Crippen molar-refractivity contribution in [3.63, 3.8) is 0 Å². The van der Waals surface area contributed by atoms with Gasteiger partial charge < -0.3 is 14.5 Å². The molecule has 6 nitrogen and oxygen atoms in total. The van der Waals surface area contributed by atoms with Crippen molar-refractivity contribution in [3.8, 4) is 6.07 Å². The number of amides is 1. The van der Waals surface area contributed by atoms with Crippen LogP contribution in [0.1, 0.15) is 24.8 Å². The van der Waals surface area contributed by atoms with Crippen molar-refractivity contribution in [1.29, 1.82) is 5.26 Å². The molecular formula is C16H20N4O2. The van der Waals surface area contributed by atoms with Gasteiger partial charge in [-0.15, -0.1) is 0 Å². The molecule has 0 aliphatic carbocycles. The lowest BCUT2D eigenvalue weighted by molar-refractivity contribution is -0.146. The summed E-state index contributed by atoms with van der Waals surface area (Å²) in [6, 6.07) is 5.71. The molecule has 3 rings (SSSR count). The number of hydrogen-bond donors (Lipinski definition) is 0. The smallest absolute Gasteiger partial charge is 0.251 e. The molecule has 116 valence electrons. The number of hydrogen-bond acceptors (Lipinski definition) is 5. The van der Waals surface area contributed by atoms with E-state index < -0.39 is 0 Å². The molecule has 2 aliphatic heterocycles. The minimum atomic E-state index is -0.259. The molecule has 0 saturated carbocycles. The van der Waals surface area contributed by atoms with Gasteiger partial charge >= 0.3 is 0 Å². The van der Waals surface area contributed by atoms with E-state index in [4.69, 9.17) is 10.00 Å². The fourth-order valence-corrected chi connectivity index (χ4v) is 3.01. The maximum absolute atomic E-state index is 12.4. The highest BCUT2D eigenvalue weighted by molar-refractivity contribution is 5.81. The first-order valence-corrected chi connectivity index (χ1v) is 7.80. The van der Waals surface area contributed by atoms with E-state index in [9.17, 15) is 4.79 Å². The van der Waals surface area contributed by atoms with Crippen LogP contribution in [0.2, 0.25) is 0 Å². The van der Waals surface area contributed by atoms with Crippen LogP contribution in [-0.4, -0.2) is 54.7 Å². The first-order valence-electron chi connectivity index (χ1n) is 7.80. The number of nitrogens with zero attached hydrogens (tertiary/aromatic N) is 4. The number of pyridine rings is 1. The molecule has 2 fully saturated rings. The molecule has 1 aromatic rings. The Bertz CT molecular complexity index is 570. The first kappa shape index (κ1) is 14.8. The van der Waals surface area contributed by atoms with Crippen LogP contribution in [0.3, 0.4) is 0 Å². The third-order valence-corrected chi connectivity index (χ3v) is 4.25. The fourth-order valence-electron chi connectivity index (χ4n) is 3.01. The van der Waals surface area contributed by atoms with E-state index in [1.54, 1.807) is 18.3 Å². The van der Waals surface area contributed by atoms with E-state index in [0.29, 0.717) is 44.2 Å². The second-order valence-corrected chi connectivity index (χ2v) is 5.65. The lowest BCUT2D eigenvalue weighted by Gasteiger charge is -2.37. The molecule has 2 saturated heterocycles. The Kier molecular flexibility index (Phi) is 4.54. The molecule has 0 spiro atoms.